The summed E-state index contributed by atoms with van der Waals surface area (Å²) in [6.45, 7) is 2.48. The van der Waals surface area contributed by atoms with Crippen molar-refractivity contribution in [3.05, 3.63) is 42.0 Å². The first kappa shape index (κ1) is 23.8. The maximum absolute atomic E-state index is 12.8. The van der Waals surface area contributed by atoms with E-state index in [1.807, 2.05) is 24.3 Å². The number of anilines is 1. The van der Waals surface area contributed by atoms with Crippen LogP contribution in [0.3, 0.4) is 0 Å². The molecule has 1 aliphatic rings. The molecule has 1 aliphatic heterocycles. The number of carbonyl (C=O) groups is 2. The van der Waals surface area contributed by atoms with E-state index in [2.05, 4.69) is 6.92 Å². The number of carbonyl (C=O) groups excluding carboxylic acids is 2. The molecule has 0 radical (unpaired) electrons. The Kier molecular flexibility index (Phi) is 8.27. The quantitative estimate of drug-likeness (QED) is 0.550. The van der Waals surface area contributed by atoms with Crippen molar-refractivity contribution in [1.82, 2.24) is 0 Å². The Balaban J connectivity index is 1.58. The monoisotopic (exact) mass is 459 g/mol. The van der Waals surface area contributed by atoms with Crippen LogP contribution in [0.5, 0.6) is 17.2 Å². The first-order chi connectivity index (χ1) is 15.5. The summed E-state index contributed by atoms with van der Waals surface area (Å²) in [5, 5.41) is 0.412. The molecular weight excluding hydrogens is 430 g/mol. The number of rotatable bonds is 8. The molecule has 1 unspecified atom stereocenters. The molecule has 1 heterocycles. The number of methoxy groups -OCH3 is 3. The topological polar surface area (TPSA) is 74.3 Å². The first-order valence-electron chi connectivity index (χ1n) is 10.5. The second-order valence-corrected chi connectivity index (χ2v) is 8.90. The summed E-state index contributed by atoms with van der Waals surface area (Å²) in [4.78, 5) is 27.9. The lowest BCUT2D eigenvalue weighted by atomic mass is 10.1. The number of thioether (sulfide) groups is 1. The van der Waals surface area contributed by atoms with Crippen LogP contribution < -0.4 is 19.1 Å². The molecule has 0 spiro atoms. The highest BCUT2D eigenvalue weighted by Crippen LogP contribution is 2.39. The summed E-state index contributed by atoms with van der Waals surface area (Å²) < 4.78 is 21.3. The fourth-order valence-corrected chi connectivity index (χ4v) is 4.68. The molecule has 0 bridgehead atoms. The number of ether oxygens (including phenoxy) is 4. The van der Waals surface area contributed by atoms with Gasteiger partial charge in [0.15, 0.2) is 18.1 Å². The predicted molar refractivity (Wildman–Crippen MR) is 124 cm³/mol. The lowest BCUT2D eigenvalue weighted by Gasteiger charge is -2.22. The Morgan fingerprint density at radius 3 is 2.41 bits per heavy atom. The van der Waals surface area contributed by atoms with Crippen molar-refractivity contribution >= 4 is 29.3 Å². The van der Waals surface area contributed by atoms with Gasteiger partial charge < -0.3 is 23.8 Å². The van der Waals surface area contributed by atoms with Crippen molar-refractivity contribution in [2.45, 2.75) is 36.3 Å². The minimum atomic E-state index is -0.432. The molecule has 0 saturated heterocycles. The van der Waals surface area contributed by atoms with E-state index in [0.717, 1.165) is 22.6 Å². The molecule has 0 N–H and O–H groups in total. The van der Waals surface area contributed by atoms with Crippen molar-refractivity contribution in [2.75, 3.05) is 39.4 Å². The SMILES string of the molecule is COc1cc(CCC(=O)OCC(=O)N2CCC(C)Sc3ccccc32)cc(OC)c1OC. The Morgan fingerprint density at radius 2 is 1.75 bits per heavy atom. The molecule has 0 saturated carbocycles. The standard InChI is InChI=1S/C24H29NO6S/c1-16-11-12-25(18-7-5-6-8-21(18)32-16)22(26)15-31-23(27)10-9-17-13-19(28-2)24(30-4)20(14-17)29-3/h5-8,13-14,16H,9-12,15H2,1-4H3. The average molecular weight is 460 g/mol. The largest absolute Gasteiger partial charge is 0.493 e. The van der Waals surface area contributed by atoms with Gasteiger partial charge in [0, 0.05) is 23.1 Å². The van der Waals surface area contributed by atoms with Gasteiger partial charge in [-0.15, -0.1) is 11.8 Å². The van der Waals surface area contributed by atoms with Crippen molar-refractivity contribution in [2.24, 2.45) is 0 Å². The molecule has 3 rings (SSSR count). The number of para-hydroxylation sites is 1. The molecule has 0 aliphatic carbocycles. The first-order valence-corrected chi connectivity index (χ1v) is 11.3. The van der Waals surface area contributed by atoms with Gasteiger partial charge in [-0.25, -0.2) is 0 Å². The van der Waals surface area contributed by atoms with Crippen LogP contribution in [-0.2, 0) is 20.7 Å². The molecule has 8 heteroatoms. The smallest absolute Gasteiger partial charge is 0.306 e. The maximum atomic E-state index is 12.8. The van der Waals surface area contributed by atoms with Crippen LogP contribution in [0.15, 0.2) is 41.3 Å². The lowest BCUT2D eigenvalue weighted by Crippen LogP contribution is -2.35. The van der Waals surface area contributed by atoms with Crippen molar-refractivity contribution in [3.63, 3.8) is 0 Å². The van der Waals surface area contributed by atoms with E-state index in [0.29, 0.717) is 35.5 Å². The van der Waals surface area contributed by atoms with Gasteiger partial charge in [0.1, 0.15) is 0 Å². The normalized spacial score (nSPS) is 15.4. The molecule has 1 atom stereocenters. The molecule has 172 valence electrons. The van der Waals surface area contributed by atoms with Crippen molar-refractivity contribution in [3.8, 4) is 17.2 Å². The van der Waals surface area contributed by atoms with Gasteiger partial charge in [-0.05, 0) is 42.7 Å². The van der Waals surface area contributed by atoms with E-state index in [1.54, 1.807) is 43.0 Å². The number of amides is 1. The summed E-state index contributed by atoms with van der Waals surface area (Å²) in [7, 11) is 4.62. The number of hydrogen-bond acceptors (Lipinski definition) is 7. The average Bonchev–Trinajstić information content (AvgIpc) is 2.98. The Hall–Kier alpha value is -2.87. The van der Waals surface area contributed by atoms with Crippen molar-refractivity contribution in [1.29, 1.82) is 0 Å². The van der Waals surface area contributed by atoms with E-state index >= 15 is 0 Å². The van der Waals surface area contributed by atoms with Crippen LogP contribution in [0, 0.1) is 0 Å². The van der Waals surface area contributed by atoms with E-state index < -0.39 is 5.97 Å². The van der Waals surface area contributed by atoms with Gasteiger partial charge in [0.2, 0.25) is 5.75 Å². The van der Waals surface area contributed by atoms with Crippen LogP contribution in [0.4, 0.5) is 5.69 Å². The number of esters is 1. The predicted octanol–water partition coefficient (Wildman–Crippen LogP) is 4.11. The fraction of sp³-hybridized carbons (Fsp3) is 0.417. The molecule has 7 nitrogen and oxygen atoms in total. The zero-order valence-corrected chi connectivity index (χ0v) is 19.7. The van der Waals surface area contributed by atoms with Crippen molar-refractivity contribution < 1.29 is 28.5 Å². The van der Waals surface area contributed by atoms with Gasteiger partial charge in [-0.2, -0.15) is 0 Å². The second kappa shape index (κ2) is 11.1. The summed E-state index contributed by atoms with van der Waals surface area (Å²) in [5.74, 6) is 0.901. The highest BCUT2D eigenvalue weighted by Gasteiger charge is 2.25. The number of nitrogens with zero attached hydrogens (tertiary/aromatic N) is 1. The summed E-state index contributed by atoms with van der Waals surface area (Å²) >= 11 is 1.76. The Morgan fingerprint density at radius 1 is 1.06 bits per heavy atom. The number of fused-ring (bicyclic) bond motifs is 1. The van der Waals surface area contributed by atoms with E-state index in [9.17, 15) is 9.59 Å². The molecule has 0 aromatic heterocycles. The number of hydrogen-bond donors (Lipinski definition) is 0. The van der Waals surface area contributed by atoms with E-state index in [1.165, 1.54) is 7.11 Å². The van der Waals surface area contributed by atoms with Crippen LogP contribution in [0.1, 0.15) is 25.3 Å². The second-order valence-electron chi connectivity index (χ2n) is 7.42. The molecule has 2 aromatic carbocycles. The van der Waals surface area contributed by atoms with Crippen LogP contribution in [-0.4, -0.2) is 51.6 Å². The van der Waals surface area contributed by atoms with Crippen LogP contribution in [0.2, 0.25) is 0 Å². The summed E-state index contributed by atoms with van der Waals surface area (Å²) in [5.41, 5.74) is 1.72. The molecule has 32 heavy (non-hydrogen) atoms. The third kappa shape index (κ3) is 5.68. The lowest BCUT2D eigenvalue weighted by molar-refractivity contribution is -0.147. The molecule has 2 aromatic rings. The Labute approximate surface area is 193 Å². The summed E-state index contributed by atoms with van der Waals surface area (Å²) in [6.07, 6.45) is 1.43. The molecule has 0 fully saturated rings. The highest BCUT2D eigenvalue weighted by molar-refractivity contribution is 8.00. The maximum Gasteiger partial charge on any atom is 0.306 e. The van der Waals surface area contributed by atoms with Gasteiger partial charge in [-0.3, -0.25) is 9.59 Å². The minimum Gasteiger partial charge on any atom is -0.493 e. The fourth-order valence-electron chi connectivity index (χ4n) is 3.56. The number of benzene rings is 2. The van der Waals surface area contributed by atoms with Gasteiger partial charge >= 0.3 is 5.97 Å². The minimum absolute atomic E-state index is 0.134. The highest BCUT2D eigenvalue weighted by atomic mass is 32.2. The van der Waals surface area contributed by atoms with Gasteiger partial charge in [0.05, 0.1) is 27.0 Å². The van der Waals surface area contributed by atoms with E-state index in [4.69, 9.17) is 18.9 Å². The van der Waals surface area contributed by atoms with E-state index in [-0.39, 0.29) is 18.9 Å². The van der Waals surface area contributed by atoms with Crippen LogP contribution >= 0.6 is 11.8 Å². The zero-order chi connectivity index (χ0) is 23.1. The molecular formula is C24H29NO6S. The van der Waals surface area contributed by atoms with Gasteiger partial charge in [-0.1, -0.05) is 19.1 Å². The third-order valence-corrected chi connectivity index (χ3v) is 6.48. The van der Waals surface area contributed by atoms with Gasteiger partial charge in [0.25, 0.3) is 5.91 Å². The third-order valence-electron chi connectivity index (χ3n) is 5.24. The number of aryl methyl sites for hydroxylation is 1. The summed E-state index contributed by atoms with van der Waals surface area (Å²) in [6, 6.07) is 11.4. The Bertz CT molecular complexity index is 938. The molecule has 1 amide bonds. The zero-order valence-electron chi connectivity index (χ0n) is 18.9. The van der Waals surface area contributed by atoms with Crippen LogP contribution in [0.25, 0.3) is 0 Å².